The highest BCUT2D eigenvalue weighted by molar-refractivity contribution is 5.91. The van der Waals surface area contributed by atoms with Gasteiger partial charge in [-0.1, -0.05) is 24.4 Å². The molecule has 4 rings (SSSR count). The number of nitrogens with zero attached hydrogens (tertiary/aromatic N) is 1. The summed E-state index contributed by atoms with van der Waals surface area (Å²) in [5, 5.41) is 18.2. The Bertz CT molecular complexity index is 920. The third kappa shape index (κ3) is 5.14. The van der Waals surface area contributed by atoms with Crippen molar-refractivity contribution in [3.63, 3.8) is 0 Å². The molecule has 0 saturated heterocycles. The molecule has 3 aromatic rings. The normalized spacial score (nSPS) is 16.2. The highest BCUT2D eigenvalue weighted by atomic mass is 19.1. The molecule has 0 spiro atoms. The minimum atomic E-state index is -0.550. The van der Waals surface area contributed by atoms with E-state index in [1.807, 2.05) is 24.3 Å². The van der Waals surface area contributed by atoms with E-state index in [2.05, 4.69) is 10.5 Å². The molecule has 5 nitrogen and oxygen atoms in total. The molecule has 1 aliphatic rings. The summed E-state index contributed by atoms with van der Waals surface area (Å²) in [4.78, 5) is 0. The third-order valence-electron chi connectivity index (χ3n) is 5.54. The first-order valence-electron chi connectivity index (χ1n) is 10.4. The number of halogens is 1. The SMILES string of the molecule is O[C@@H](CNCC1CCCCC1)COc1ccc(-c2onc3cc(F)ccc23)cc1. The second-order valence-electron chi connectivity index (χ2n) is 7.82. The summed E-state index contributed by atoms with van der Waals surface area (Å²) >= 11 is 0. The molecule has 2 N–H and O–H groups in total. The van der Waals surface area contributed by atoms with Gasteiger partial charge in [-0.15, -0.1) is 0 Å². The minimum Gasteiger partial charge on any atom is -0.491 e. The van der Waals surface area contributed by atoms with Gasteiger partial charge in [0.1, 0.15) is 29.8 Å². The lowest BCUT2D eigenvalue weighted by atomic mass is 9.89. The summed E-state index contributed by atoms with van der Waals surface area (Å²) in [6.45, 7) is 1.75. The number of aliphatic hydroxyl groups is 1. The highest BCUT2D eigenvalue weighted by Gasteiger charge is 2.14. The Hall–Kier alpha value is -2.44. The average molecular weight is 398 g/mol. The Labute approximate surface area is 169 Å². The molecular formula is C23H27FN2O3. The number of rotatable bonds is 8. The summed E-state index contributed by atoms with van der Waals surface area (Å²) in [5.74, 6) is 1.68. The van der Waals surface area contributed by atoms with Crippen LogP contribution in [0.25, 0.3) is 22.2 Å². The predicted molar refractivity (Wildman–Crippen MR) is 110 cm³/mol. The molecule has 1 aromatic heterocycles. The molecule has 6 heteroatoms. The average Bonchev–Trinajstić information content (AvgIpc) is 3.16. The Morgan fingerprint density at radius 1 is 1.14 bits per heavy atom. The Balaban J connectivity index is 1.26. The maximum atomic E-state index is 13.3. The summed E-state index contributed by atoms with van der Waals surface area (Å²) < 4.78 is 24.4. The van der Waals surface area contributed by atoms with Crippen molar-refractivity contribution in [1.82, 2.24) is 10.5 Å². The van der Waals surface area contributed by atoms with Crippen LogP contribution < -0.4 is 10.1 Å². The molecule has 2 aromatic carbocycles. The second-order valence-corrected chi connectivity index (χ2v) is 7.82. The van der Waals surface area contributed by atoms with Gasteiger partial charge >= 0.3 is 0 Å². The largest absolute Gasteiger partial charge is 0.491 e. The number of fused-ring (bicyclic) bond motifs is 1. The van der Waals surface area contributed by atoms with Gasteiger partial charge in [-0.2, -0.15) is 0 Å². The Morgan fingerprint density at radius 3 is 2.72 bits per heavy atom. The van der Waals surface area contributed by atoms with Gasteiger partial charge in [0.25, 0.3) is 0 Å². The van der Waals surface area contributed by atoms with Crippen LogP contribution in [0.15, 0.2) is 47.0 Å². The van der Waals surface area contributed by atoms with Crippen LogP contribution in [0.5, 0.6) is 5.75 Å². The smallest absolute Gasteiger partial charge is 0.174 e. The third-order valence-corrected chi connectivity index (χ3v) is 5.54. The zero-order chi connectivity index (χ0) is 20.1. The Kier molecular flexibility index (Phi) is 6.42. The van der Waals surface area contributed by atoms with Crippen molar-refractivity contribution < 1.29 is 18.8 Å². The summed E-state index contributed by atoms with van der Waals surface area (Å²) in [5.41, 5.74) is 1.32. The molecule has 1 atom stereocenters. The van der Waals surface area contributed by atoms with Crippen molar-refractivity contribution in [2.24, 2.45) is 5.92 Å². The molecule has 1 saturated carbocycles. The van der Waals surface area contributed by atoms with Crippen LogP contribution in [-0.2, 0) is 0 Å². The van der Waals surface area contributed by atoms with Crippen LogP contribution in [0.4, 0.5) is 4.39 Å². The van der Waals surface area contributed by atoms with Crippen molar-refractivity contribution in [1.29, 1.82) is 0 Å². The lowest BCUT2D eigenvalue weighted by Gasteiger charge is -2.22. The van der Waals surface area contributed by atoms with E-state index in [9.17, 15) is 9.50 Å². The molecule has 29 heavy (non-hydrogen) atoms. The molecule has 0 aliphatic heterocycles. The highest BCUT2D eigenvalue weighted by Crippen LogP contribution is 2.30. The number of hydrogen-bond acceptors (Lipinski definition) is 5. The predicted octanol–water partition coefficient (Wildman–Crippen LogP) is 4.54. The van der Waals surface area contributed by atoms with Crippen LogP contribution >= 0.6 is 0 Å². The maximum Gasteiger partial charge on any atom is 0.174 e. The van der Waals surface area contributed by atoms with Crippen molar-refractivity contribution in [2.45, 2.75) is 38.2 Å². The number of benzene rings is 2. The van der Waals surface area contributed by atoms with E-state index in [4.69, 9.17) is 9.26 Å². The monoisotopic (exact) mass is 398 g/mol. The van der Waals surface area contributed by atoms with Gasteiger partial charge in [0.2, 0.25) is 0 Å². The fourth-order valence-corrected chi connectivity index (χ4v) is 3.92. The number of nitrogens with one attached hydrogen (secondary N) is 1. The fraction of sp³-hybridized carbons (Fsp3) is 0.435. The summed E-state index contributed by atoms with van der Waals surface area (Å²) in [6, 6.07) is 11.8. The van der Waals surface area contributed by atoms with Crippen molar-refractivity contribution >= 4 is 10.9 Å². The van der Waals surface area contributed by atoms with Crippen LogP contribution in [-0.4, -0.2) is 36.1 Å². The molecule has 1 fully saturated rings. The van der Waals surface area contributed by atoms with Gasteiger partial charge in [-0.05, 0) is 61.7 Å². The van der Waals surface area contributed by atoms with E-state index >= 15 is 0 Å². The van der Waals surface area contributed by atoms with Gasteiger partial charge in [0.05, 0.1) is 0 Å². The van der Waals surface area contributed by atoms with E-state index in [0.717, 1.165) is 23.4 Å². The molecule has 154 valence electrons. The number of hydrogen-bond donors (Lipinski definition) is 2. The zero-order valence-corrected chi connectivity index (χ0v) is 16.4. The van der Waals surface area contributed by atoms with Gasteiger partial charge in [-0.25, -0.2) is 4.39 Å². The van der Waals surface area contributed by atoms with E-state index in [1.54, 1.807) is 6.07 Å². The number of ether oxygens (including phenoxy) is 1. The lowest BCUT2D eigenvalue weighted by molar-refractivity contribution is 0.105. The van der Waals surface area contributed by atoms with Crippen molar-refractivity contribution in [3.05, 3.63) is 48.3 Å². The first-order chi connectivity index (χ1) is 14.2. The summed E-state index contributed by atoms with van der Waals surface area (Å²) in [7, 11) is 0. The van der Waals surface area contributed by atoms with E-state index in [-0.39, 0.29) is 12.4 Å². The maximum absolute atomic E-state index is 13.3. The first kappa shape index (κ1) is 19.9. The number of aromatic nitrogens is 1. The molecule has 0 unspecified atom stereocenters. The topological polar surface area (TPSA) is 67.5 Å². The van der Waals surface area contributed by atoms with Gasteiger partial charge in [0.15, 0.2) is 5.76 Å². The van der Waals surface area contributed by atoms with Crippen LogP contribution in [0, 0.1) is 11.7 Å². The lowest BCUT2D eigenvalue weighted by Crippen LogP contribution is -2.34. The Morgan fingerprint density at radius 2 is 1.93 bits per heavy atom. The first-order valence-corrected chi connectivity index (χ1v) is 10.4. The van der Waals surface area contributed by atoms with E-state index < -0.39 is 6.10 Å². The molecule has 1 heterocycles. The van der Waals surface area contributed by atoms with Crippen molar-refractivity contribution in [3.8, 4) is 17.1 Å². The van der Waals surface area contributed by atoms with Crippen molar-refractivity contribution in [2.75, 3.05) is 19.7 Å². The quantitative estimate of drug-likeness (QED) is 0.583. The molecule has 0 radical (unpaired) electrons. The minimum absolute atomic E-state index is 0.238. The van der Waals surface area contributed by atoms with Gasteiger partial charge in [-0.3, -0.25) is 0 Å². The molecule has 0 bridgehead atoms. The summed E-state index contributed by atoms with van der Waals surface area (Å²) in [6.07, 6.45) is 6.05. The fourth-order valence-electron chi connectivity index (χ4n) is 3.92. The zero-order valence-electron chi connectivity index (χ0n) is 16.4. The standard InChI is InChI=1S/C23H27FN2O3/c24-18-8-11-21-22(12-18)26-29-23(21)17-6-9-20(10-7-17)28-15-19(27)14-25-13-16-4-2-1-3-5-16/h6-12,16,19,25,27H,1-5,13-15H2/t19-/m0/s1. The van der Waals surface area contributed by atoms with Gasteiger partial charge < -0.3 is 19.7 Å². The van der Waals surface area contributed by atoms with E-state index in [1.165, 1.54) is 44.2 Å². The van der Waals surface area contributed by atoms with E-state index in [0.29, 0.717) is 23.6 Å². The second kappa shape index (κ2) is 9.37. The molecule has 0 amide bonds. The van der Waals surface area contributed by atoms with Crippen LogP contribution in [0.3, 0.4) is 0 Å². The molecule has 1 aliphatic carbocycles. The number of aliphatic hydroxyl groups excluding tert-OH is 1. The van der Waals surface area contributed by atoms with Crippen LogP contribution in [0.2, 0.25) is 0 Å². The van der Waals surface area contributed by atoms with Crippen LogP contribution in [0.1, 0.15) is 32.1 Å². The van der Waals surface area contributed by atoms with Gasteiger partial charge in [0, 0.05) is 23.6 Å². The molecular weight excluding hydrogens is 371 g/mol.